The zero-order valence-electron chi connectivity index (χ0n) is 9.15. The number of hydrogen-bond donors (Lipinski definition) is 1. The average Bonchev–Trinajstić information content (AvgIpc) is 2.21. The van der Waals surface area contributed by atoms with Gasteiger partial charge >= 0.3 is 12.1 Å². The van der Waals surface area contributed by atoms with Crippen LogP contribution in [0.5, 0.6) is 0 Å². The molecule has 1 aromatic carbocycles. The summed E-state index contributed by atoms with van der Waals surface area (Å²) < 4.78 is 39.1. The van der Waals surface area contributed by atoms with Crippen molar-refractivity contribution in [3.05, 3.63) is 29.8 Å². The molecule has 1 aromatic rings. The van der Waals surface area contributed by atoms with E-state index < -0.39 is 23.6 Å². The zero-order valence-corrected chi connectivity index (χ0v) is 9.96. The van der Waals surface area contributed by atoms with E-state index in [1.807, 2.05) is 0 Å². The van der Waals surface area contributed by atoms with Crippen LogP contribution in [0.1, 0.15) is 5.56 Å². The summed E-state index contributed by atoms with van der Waals surface area (Å²) in [6.07, 6.45) is -4.35. The van der Waals surface area contributed by atoms with E-state index in [1.165, 1.54) is 6.07 Å². The summed E-state index contributed by atoms with van der Waals surface area (Å²) in [5.41, 5.74) is -0.692. The molecule has 18 heavy (non-hydrogen) atoms. The van der Waals surface area contributed by atoms with Crippen molar-refractivity contribution >= 4 is 17.9 Å². The third-order valence-corrected chi connectivity index (χ3v) is 3.61. The van der Waals surface area contributed by atoms with Crippen molar-refractivity contribution in [3.8, 4) is 0 Å². The zero-order chi connectivity index (χ0) is 13.3. The minimum Gasteiger partial charge on any atom is -0.481 e. The first-order valence-electron chi connectivity index (χ1n) is 5.19. The van der Waals surface area contributed by atoms with Crippen molar-refractivity contribution < 1.29 is 23.1 Å². The SMILES string of the molecule is O=C(O)C1CN(Sc2cccc(C(F)(F)F)c2)C1. The summed E-state index contributed by atoms with van der Waals surface area (Å²) >= 11 is 1.15. The van der Waals surface area contributed by atoms with E-state index in [-0.39, 0.29) is 0 Å². The molecule has 1 N–H and O–H groups in total. The Kier molecular flexibility index (Phi) is 3.54. The highest BCUT2D eigenvalue weighted by Crippen LogP contribution is 2.35. The summed E-state index contributed by atoms with van der Waals surface area (Å²) in [5.74, 6) is -1.28. The summed E-state index contributed by atoms with van der Waals surface area (Å²) in [6, 6.07) is 5.01. The molecule has 1 fully saturated rings. The Morgan fingerprint density at radius 1 is 1.39 bits per heavy atom. The third-order valence-electron chi connectivity index (χ3n) is 2.59. The molecule has 0 aromatic heterocycles. The van der Waals surface area contributed by atoms with Crippen LogP contribution in [0, 0.1) is 5.92 Å². The molecule has 0 atom stereocenters. The standard InChI is InChI=1S/C11H10F3NO2S/c12-11(13,14)8-2-1-3-9(4-8)18-15-5-7(6-15)10(16)17/h1-4,7H,5-6H2,(H,16,17). The molecule has 2 rings (SSSR count). The molecule has 1 aliphatic heterocycles. The summed E-state index contributed by atoms with van der Waals surface area (Å²) in [7, 11) is 0. The third kappa shape index (κ3) is 2.97. The molecule has 0 bridgehead atoms. The van der Waals surface area contributed by atoms with Gasteiger partial charge in [-0.25, -0.2) is 4.31 Å². The Labute approximate surface area is 106 Å². The topological polar surface area (TPSA) is 40.5 Å². The second kappa shape index (κ2) is 4.81. The molecule has 0 unspecified atom stereocenters. The van der Waals surface area contributed by atoms with Gasteiger partial charge in [0.15, 0.2) is 0 Å². The van der Waals surface area contributed by atoms with Gasteiger partial charge in [0.2, 0.25) is 0 Å². The molecule has 0 spiro atoms. The highest BCUT2D eigenvalue weighted by Gasteiger charge is 2.34. The number of aliphatic carboxylic acids is 1. The van der Waals surface area contributed by atoms with Crippen LogP contribution >= 0.6 is 11.9 Å². The maximum atomic E-state index is 12.5. The minimum atomic E-state index is -4.35. The lowest BCUT2D eigenvalue weighted by atomic mass is 10.0. The van der Waals surface area contributed by atoms with Gasteiger partial charge in [-0.05, 0) is 30.1 Å². The number of hydrogen-bond acceptors (Lipinski definition) is 3. The van der Waals surface area contributed by atoms with E-state index in [4.69, 9.17) is 5.11 Å². The molecule has 1 saturated heterocycles. The lowest BCUT2D eigenvalue weighted by Gasteiger charge is -2.35. The van der Waals surface area contributed by atoms with Gasteiger partial charge in [0.05, 0.1) is 11.5 Å². The van der Waals surface area contributed by atoms with Gasteiger partial charge in [0.1, 0.15) is 0 Å². The monoisotopic (exact) mass is 277 g/mol. The quantitative estimate of drug-likeness (QED) is 0.862. The maximum absolute atomic E-state index is 12.5. The molecular formula is C11H10F3NO2S. The van der Waals surface area contributed by atoms with Gasteiger partial charge in [-0.15, -0.1) is 0 Å². The van der Waals surface area contributed by atoms with E-state index in [2.05, 4.69) is 0 Å². The number of halogens is 3. The fourth-order valence-corrected chi connectivity index (χ4v) is 2.67. The van der Waals surface area contributed by atoms with Crippen LogP contribution in [0.15, 0.2) is 29.2 Å². The fraction of sp³-hybridized carbons (Fsp3) is 0.364. The van der Waals surface area contributed by atoms with Crippen molar-refractivity contribution in [3.63, 3.8) is 0 Å². The summed E-state index contributed by atoms with van der Waals surface area (Å²) in [5, 5.41) is 8.68. The summed E-state index contributed by atoms with van der Waals surface area (Å²) in [4.78, 5) is 11.0. The van der Waals surface area contributed by atoms with E-state index in [9.17, 15) is 18.0 Å². The smallest absolute Gasteiger partial charge is 0.416 e. The largest absolute Gasteiger partial charge is 0.481 e. The first-order valence-corrected chi connectivity index (χ1v) is 5.96. The number of benzene rings is 1. The van der Waals surface area contributed by atoms with Crippen molar-refractivity contribution in [1.29, 1.82) is 0 Å². The molecule has 98 valence electrons. The molecular weight excluding hydrogens is 267 g/mol. The van der Waals surface area contributed by atoms with Crippen molar-refractivity contribution in [2.45, 2.75) is 11.1 Å². The number of carbonyl (C=O) groups is 1. The number of nitrogens with zero attached hydrogens (tertiary/aromatic N) is 1. The fourth-order valence-electron chi connectivity index (χ4n) is 1.55. The Bertz CT molecular complexity index is 458. The van der Waals surface area contributed by atoms with E-state index >= 15 is 0 Å². The van der Waals surface area contributed by atoms with Crippen LogP contribution in [-0.4, -0.2) is 28.5 Å². The van der Waals surface area contributed by atoms with Crippen LogP contribution < -0.4 is 0 Å². The Hall–Kier alpha value is -1.21. The number of alkyl halides is 3. The van der Waals surface area contributed by atoms with Gasteiger partial charge in [-0.2, -0.15) is 13.2 Å². The number of rotatable bonds is 3. The minimum absolute atomic E-state index is 0.357. The first kappa shape index (κ1) is 13.2. The molecule has 0 aliphatic carbocycles. The molecule has 1 heterocycles. The van der Waals surface area contributed by atoms with Crippen molar-refractivity contribution in [2.75, 3.05) is 13.1 Å². The van der Waals surface area contributed by atoms with Gasteiger partial charge in [0.25, 0.3) is 0 Å². The van der Waals surface area contributed by atoms with E-state index in [1.54, 1.807) is 10.4 Å². The van der Waals surface area contributed by atoms with Crippen molar-refractivity contribution in [1.82, 2.24) is 4.31 Å². The summed E-state index contributed by atoms with van der Waals surface area (Å²) in [6.45, 7) is 0.715. The van der Waals surface area contributed by atoms with Crippen LogP contribution in [0.3, 0.4) is 0 Å². The van der Waals surface area contributed by atoms with Gasteiger partial charge in [-0.1, -0.05) is 6.07 Å². The second-order valence-electron chi connectivity index (χ2n) is 4.00. The Balaban J connectivity index is 1.97. The Morgan fingerprint density at radius 3 is 2.61 bits per heavy atom. The number of carboxylic acids is 1. The molecule has 0 radical (unpaired) electrons. The van der Waals surface area contributed by atoms with E-state index in [0.717, 1.165) is 24.1 Å². The van der Waals surface area contributed by atoms with Gasteiger partial charge < -0.3 is 5.11 Å². The van der Waals surface area contributed by atoms with Crippen LogP contribution in [0.4, 0.5) is 13.2 Å². The predicted octanol–water partition coefficient (Wildman–Crippen LogP) is 2.73. The molecule has 3 nitrogen and oxygen atoms in total. The Morgan fingerprint density at radius 2 is 2.06 bits per heavy atom. The highest BCUT2D eigenvalue weighted by molar-refractivity contribution is 7.97. The van der Waals surface area contributed by atoms with Crippen LogP contribution in [0.2, 0.25) is 0 Å². The van der Waals surface area contributed by atoms with Crippen LogP contribution in [-0.2, 0) is 11.0 Å². The van der Waals surface area contributed by atoms with Crippen molar-refractivity contribution in [2.24, 2.45) is 5.92 Å². The molecule has 7 heteroatoms. The van der Waals surface area contributed by atoms with Crippen LogP contribution in [0.25, 0.3) is 0 Å². The van der Waals surface area contributed by atoms with Gasteiger partial charge in [-0.3, -0.25) is 4.79 Å². The van der Waals surface area contributed by atoms with E-state index in [0.29, 0.717) is 18.0 Å². The van der Waals surface area contributed by atoms with Gasteiger partial charge in [0, 0.05) is 18.0 Å². The lowest BCUT2D eigenvalue weighted by molar-refractivity contribution is -0.145. The maximum Gasteiger partial charge on any atom is 0.416 e. The normalized spacial score (nSPS) is 17.5. The number of carboxylic acid groups (broad SMARTS) is 1. The average molecular weight is 277 g/mol. The molecule has 1 aliphatic rings. The molecule has 0 amide bonds. The molecule has 0 saturated carbocycles. The first-order chi connectivity index (χ1) is 8.36. The highest BCUT2D eigenvalue weighted by atomic mass is 32.2. The second-order valence-corrected chi connectivity index (χ2v) is 5.17. The lowest BCUT2D eigenvalue weighted by Crippen LogP contribution is -2.46. The predicted molar refractivity (Wildman–Crippen MR) is 60.0 cm³/mol.